The predicted molar refractivity (Wildman–Crippen MR) is 66.8 cm³/mol. The normalized spacial score (nSPS) is 26.8. The fourth-order valence-corrected chi connectivity index (χ4v) is 2.61. The molecule has 88 valence electrons. The quantitative estimate of drug-likeness (QED) is 0.762. The van der Waals surface area contributed by atoms with Crippen molar-refractivity contribution in [3.63, 3.8) is 0 Å². The fraction of sp³-hybridized carbons (Fsp3) is 0.429. The van der Waals surface area contributed by atoms with Crippen LogP contribution in [-0.4, -0.2) is 5.78 Å². The van der Waals surface area contributed by atoms with Crippen molar-refractivity contribution in [3.8, 4) is 6.07 Å². The first kappa shape index (κ1) is 12.1. The lowest BCUT2D eigenvalue weighted by atomic mass is 9.76. The summed E-state index contributed by atoms with van der Waals surface area (Å²) in [6.45, 7) is 3.81. The highest BCUT2D eigenvalue weighted by atomic mass is 35.5. The maximum atomic E-state index is 12.4. The monoisotopic (exact) mass is 247 g/mol. The fourth-order valence-electron chi connectivity index (χ4n) is 2.49. The van der Waals surface area contributed by atoms with Gasteiger partial charge in [0.25, 0.3) is 0 Å². The Hall–Kier alpha value is -1.33. The van der Waals surface area contributed by atoms with Crippen LogP contribution in [0.4, 0.5) is 0 Å². The van der Waals surface area contributed by atoms with Gasteiger partial charge in [0.1, 0.15) is 5.41 Å². The van der Waals surface area contributed by atoms with Crippen LogP contribution in [0, 0.1) is 16.7 Å². The first-order chi connectivity index (χ1) is 7.92. The van der Waals surface area contributed by atoms with Crippen LogP contribution in [0.2, 0.25) is 5.02 Å². The molecule has 1 aliphatic rings. The summed E-state index contributed by atoms with van der Waals surface area (Å²) in [5.41, 5.74) is -0.622. The molecule has 2 nitrogen and oxygen atoms in total. The zero-order valence-corrected chi connectivity index (χ0v) is 10.7. The number of hydrogen-bond donors (Lipinski definition) is 0. The van der Waals surface area contributed by atoms with Gasteiger partial charge in [0.2, 0.25) is 0 Å². The Kier molecular flexibility index (Phi) is 2.75. The van der Waals surface area contributed by atoms with Crippen LogP contribution < -0.4 is 0 Å². The van der Waals surface area contributed by atoms with E-state index in [0.29, 0.717) is 11.4 Å². The maximum absolute atomic E-state index is 12.4. The number of nitriles is 1. The van der Waals surface area contributed by atoms with Crippen molar-refractivity contribution >= 4 is 17.4 Å². The predicted octanol–water partition coefficient (Wildman–Crippen LogP) is 3.49. The average molecular weight is 248 g/mol. The average Bonchev–Trinajstić information content (AvgIpc) is 2.54. The van der Waals surface area contributed by atoms with Crippen molar-refractivity contribution in [2.24, 2.45) is 5.41 Å². The molecule has 0 radical (unpaired) electrons. The number of rotatable bonds is 1. The van der Waals surface area contributed by atoms with E-state index < -0.39 is 10.8 Å². The minimum absolute atomic E-state index is 0.0230. The van der Waals surface area contributed by atoms with Crippen molar-refractivity contribution in [2.75, 3.05) is 0 Å². The highest BCUT2D eigenvalue weighted by Gasteiger charge is 2.53. The molecule has 0 aromatic heterocycles. The molecule has 0 amide bonds. The van der Waals surface area contributed by atoms with Gasteiger partial charge in [-0.25, -0.2) is 0 Å². The van der Waals surface area contributed by atoms with E-state index in [9.17, 15) is 10.1 Å². The minimum Gasteiger partial charge on any atom is -0.297 e. The van der Waals surface area contributed by atoms with Crippen molar-refractivity contribution < 1.29 is 4.79 Å². The van der Waals surface area contributed by atoms with E-state index in [4.69, 9.17) is 11.6 Å². The van der Waals surface area contributed by atoms with Crippen molar-refractivity contribution in [3.05, 3.63) is 34.9 Å². The van der Waals surface area contributed by atoms with Gasteiger partial charge in [0, 0.05) is 10.4 Å². The molecule has 1 fully saturated rings. The summed E-state index contributed by atoms with van der Waals surface area (Å²) < 4.78 is 0. The van der Waals surface area contributed by atoms with E-state index in [1.807, 2.05) is 13.8 Å². The molecule has 0 N–H and O–H groups in total. The molecule has 3 heteroatoms. The molecule has 1 saturated carbocycles. The number of benzene rings is 1. The molecule has 2 rings (SSSR count). The van der Waals surface area contributed by atoms with Gasteiger partial charge in [-0.1, -0.05) is 37.6 Å². The summed E-state index contributed by atoms with van der Waals surface area (Å²) in [5, 5.41) is 10.1. The molecule has 1 unspecified atom stereocenters. The number of carbonyl (C=O) groups is 1. The highest BCUT2D eigenvalue weighted by molar-refractivity contribution is 6.30. The van der Waals surface area contributed by atoms with Crippen molar-refractivity contribution in [1.82, 2.24) is 0 Å². The first-order valence-corrected chi connectivity index (χ1v) is 6.02. The van der Waals surface area contributed by atoms with E-state index in [1.165, 1.54) is 0 Å². The summed E-state index contributed by atoms with van der Waals surface area (Å²) >= 11 is 5.83. The van der Waals surface area contributed by atoms with Gasteiger partial charge >= 0.3 is 0 Å². The zero-order valence-electron chi connectivity index (χ0n) is 9.96. The van der Waals surface area contributed by atoms with E-state index >= 15 is 0 Å². The van der Waals surface area contributed by atoms with Gasteiger partial charge in [0.05, 0.1) is 6.07 Å². The molecular formula is C14H14ClNO. The summed E-state index contributed by atoms with van der Waals surface area (Å²) in [7, 11) is 0. The Labute approximate surface area is 106 Å². The lowest BCUT2D eigenvalue weighted by Crippen LogP contribution is -2.34. The standard InChI is InChI=1S/C14H14ClNO/c1-13(2)7-8-14(9-16,12(13)17)10-3-5-11(15)6-4-10/h3-6H,7-8H2,1-2H3. The summed E-state index contributed by atoms with van der Waals surface area (Å²) in [5.74, 6) is 0.0230. The molecule has 0 bridgehead atoms. The molecule has 1 aliphatic carbocycles. The topological polar surface area (TPSA) is 40.9 Å². The lowest BCUT2D eigenvalue weighted by Gasteiger charge is -2.22. The Bertz CT molecular complexity index is 498. The van der Waals surface area contributed by atoms with Crippen LogP contribution >= 0.6 is 11.6 Å². The van der Waals surface area contributed by atoms with Crippen LogP contribution in [0.5, 0.6) is 0 Å². The molecule has 1 aromatic rings. The number of Topliss-reactive ketones (excluding diaryl/α,β-unsaturated/α-hetero) is 1. The third-order valence-corrected chi connectivity index (χ3v) is 3.91. The Morgan fingerprint density at radius 3 is 2.24 bits per heavy atom. The first-order valence-electron chi connectivity index (χ1n) is 5.65. The summed E-state index contributed by atoms with van der Waals surface area (Å²) in [6.07, 6.45) is 1.35. The van der Waals surface area contributed by atoms with Gasteiger partial charge in [-0.2, -0.15) is 5.26 Å². The van der Waals surface area contributed by atoms with Gasteiger partial charge in [-0.3, -0.25) is 4.79 Å². The Balaban J connectivity index is 2.51. The molecule has 17 heavy (non-hydrogen) atoms. The molecule has 0 heterocycles. The largest absolute Gasteiger partial charge is 0.297 e. The highest BCUT2D eigenvalue weighted by Crippen LogP contribution is 2.47. The van der Waals surface area contributed by atoms with Crippen LogP contribution in [0.1, 0.15) is 32.3 Å². The van der Waals surface area contributed by atoms with Crippen LogP contribution in [0.25, 0.3) is 0 Å². The number of ketones is 1. The SMILES string of the molecule is CC1(C)CCC(C#N)(c2ccc(Cl)cc2)C1=O. The molecule has 0 saturated heterocycles. The van der Waals surface area contributed by atoms with E-state index in [1.54, 1.807) is 24.3 Å². The summed E-state index contributed by atoms with van der Waals surface area (Å²) in [4.78, 5) is 12.4. The van der Waals surface area contributed by atoms with Gasteiger partial charge in [0.15, 0.2) is 5.78 Å². The molecule has 0 aliphatic heterocycles. The van der Waals surface area contributed by atoms with E-state index in [-0.39, 0.29) is 5.78 Å². The van der Waals surface area contributed by atoms with Gasteiger partial charge in [-0.15, -0.1) is 0 Å². The Morgan fingerprint density at radius 1 is 1.24 bits per heavy atom. The number of carbonyl (C=O) groups excluding carboxylic acids is 1. The lowest BCUT2D eigenvalue weighted by molar-refractivity contribution is -0.127. The molecule has 1 atom stereocenters. The van der Waals surface area contributed by atoms with Crippen LogP contribution in [0.15, 0.2) is 24.3 Å². The third-order valence-electron chi connectivity index (χ3n) is 3.66. The smallest absolute Gasteiger partial charge is 0.163 e. The maximum Gasteiger partial charge on any atom is 0.163 e. The van der Waals surface area contributed by atoms with Gasteiger partial charge < -0.3 is 0 Å². The molecule has 0 spiro atoms. The molecule has 1 aromatic carbocycles. The number of halogens is 1. The second-order valence-electron chi connectivity index (χ2n) is 5.24. The Morgan fingerprint density at radius 2 is 1.82 bits per heavy atom. The summed E-state index contributed by atoms with van der Waals surface area (Å²) in [6, 6.07) is 9.25. The second kappa shape index (κ2) is 3.85. The zero-order chi connectivity index (χ0) is 12.7. The number of nitrogens with zero attached hydrogens (tertiary/aromatic N) is 1. The number of hydrogen-bond acceptors (Lipinski definition) is 2. The van der Waals surface area contributed by atoms with Crippen LogP contribution in [-0.2, 0) is 10.2 Å². The second-order valence-corrected chi connectivity index (χ2v) is 5.67. The van der Waals surface area contributed by atoms with Gasteiger partial charge in [-0.05, 0) is 30.5 Å². The van der Waals surface area contributed by atoms with Crippen LogP contribution in [0.3, 0.4) is 0 Å². The third kappa shape index (κ3) is 1.75. The molecular weight excluding hydrogens is 234 g/mol. The van der Waals surface area contributed by atoms with E-state index in [2.05, 4.69) is 6.07 Å². The van der Waals surface area contributed by atoms with Crippen molar-refractivity contribution in [1.29, 1.82) is 5.26 Å². The minimum atomic E-state index is -0.978. The van der Waals surface area contributed by atoms with Crippen molar-refractivity contribution in [2.45, 2.75) is 32.1 Å². The van der Waals surface area contributed by atoms with E-state index in [0.717, 1.165) is 12.0 Å².